The minimum Gasteiger partial charge on any atom is -0.381 e. The molecule has 0 unspecified atom stereocenters. The van der Waals surface area contributed by atoms with Crippen molar-refractivity contribution >= 4 is 23.0 Å². The largest absolute Gasteiger partial charge is 0.381 e. The first-order valence-electron chi connectivity index (χ1n) is 5.48. The van der Waals surface area contributed by atoms with Gasteiger partial charge in [-0.1, -0.05) is 23.7 Å². The van der Waals surface area contributed by atoms with Gasteiger partial charge in [-0.05, 0) is 23.8 Å². The second-order valence-electron chi connectivity index (χ2n) is 3.91. The monoisotopic (exact) mass is 280 g/mol. The molecule has 2 rings (SSSR count). The van der Waals surface area contributed by atoms with Crippen molar-refractivity contribution in [2.75, 3.05) is 5.32 Å². The molecule has 2 aromatic carbocycles. The maximum Gasteiger partial charge on any atom is 0.271 e. The molecule has 0 fully saturated rings. The summed E-state index contributed by atoms with van der Waals surface area (Å²) >= 11 is 5.67. The van der Waals surface area contributed by atoms with Crippen LogP contribution in [0.25, 0.3) is 0 Å². The Bertz CT molecular complexity index is 619. The second-order valence-corrected chi connectivity index (χ2v) is 4.32. The van der Waals surface area contributed by atoms with Gasteiger partial charge in [-0.3, -0.25) is 10.1 Å². The zero-order valence-electron chi connectivity index (χ0n) is 9.77. The number of anilines is 1. The topological polar surface area (TPSA) is 55.2 Å². The molecule has 0 amide bonds. The maximum atomic E-state index is 13.0. The van der Waals surface area contributed by atoms with E-state index in [1.165, 1.54) is 24.3 Å². The Hall–Kier alpha value is -2.14. The highest BCUT2D eigenvalue weighted by atomic mass is 35.5. The van der Waals surface area contributed by atoms with Crippen LogP contribution in [0.2, 0.25) is 5.02 Å². The van der Waals surface area contributed by atoms with Gasteiger partial charge in [0.05, 0.1) is 9.95 Å². The van der Waals surface area contributed by atoms with E-state index >= 15 is 0 Å². The van der Waals surface area contributed by atoms with Crippen LogP contribution in [0.5, 0.6) is 0 Å². The van der Waals surface area contributed by atoms with Gasteiger partial charge < -0.3 is 5.32 Å². The lowest BCUT2D eigenvalue weighted by atomic mass is 10.2. The van der Waals surface area contributed by atoms with Crippen molar-refractivity contribution in [1.82, 2.24) is 0 Å². The lowest BCUT2D eigenvalue weighted by molar-refractivity contribution is -0.384. The van der Waals surface area contributed by atoms with Crippen LogP contribution in [0.15, 0.2) is 42.5 Å². The highest BCUT2D eigenvalue weighted by Crippen LogP contribution is 2.19. The molecule has 0 saturated heterocycles. The molecule has 0 aliphatic heterocycles. The standard InChI is InChI=1S/C13H10ClFN2O2/c14-12-6-9(4-5-13(12)15)8-16-10-2-1-3-11(7-10)17(18)19/h1-7,16H,8H2. The zero-order valence-corrected chi connectivity index (χ0v) is 10.5. The van der Waals surface area contributed by atoms with Gasteiger partial charge in [-0.25, -0.2) is 4.39 Å². The van der Waals surface area contributed by atoms with E-state index in [2.05, 4.69) is 5.32 Å². The summed E-state index contributed by atoms with van der Waals surface area (Å²) in [5.41, 5.74) is 1.43. The molecule has 0 aromatic heterocycles. The van der Waals surface area contributed by atoms with Crippen molar-refractivity contribution in [1.29, 1.82) is 0 Å². The number of nitro groups is 1. The number of non-ortho nitro benzene ring substituents is 1. The maximum absolute atomic E-state index is 13.0. The minimum absolute atomic E-state index is 0.0159. The number of halogens is 2. The van der Waals surface area contributed by atoms with Gasteiger partial charge in [-0.2, -0.15) is 0 Å². The van der Waals surface area contributed by atoms with Crippen LogP contribution in [0.1, 0.15) is 5.56 Å². The Morgan fingerprint density at radius 3 is 2.74 bits per heavy atom. The van der Waals surface area contributed by atoms with Crippen LogP contribution in [0.4, 0.5) is 15.8 Å². The second kappa shape index (κ2) is 5.67. The minimum atomic E-state index is -0.472. The molecule has 6 heteroatoms. The van der Waals surface area contributed by atoms with Gasteiger partial charge in [0.2, 0.25) is 0 Å². The van der Waals surface area contributed by atoms with Crippen LogP contribution in [0, 0.1) is 15.9 Å². The number of hydrogen-bond acceptors (Lipinski definition) is 3. The first kappa shape index (κ1) is 13.3. The van der Waals surface area contributed by atoms with E-state index in [1.807, 2.05) is 0 Å². The summed E-state index contributed by atoms with van der Waals surface area (Å²) in [4.78, 5) is 10.2. The fourth-order valence-corrected chi connectivity index (χ4v) is 1.79. The van der Waals surface area contributed by atoms with Gasteiger partial charge in [0.25, 0.3) is 5.69 Å². The lowest BCUT2D eigenvalue weighted by Crippen LogP contribution is -2.00. The van der Waals surface area contributed by atoms with E-state index in [0.29, 0.717) is 12.2 Å². The molecule has 0 radical (unpaired) electrons. The van der Waals surface area contributed by atoms with Crippen LogP contribution < -0.4 is 5.32 Å². The highest BCUT2D eigenvalue weighted by molar-refractivity contribution is 6.30. The summed E-state index contributed by atoms with van der Waals surface area (Å²) in [5, 5.41) is 13.7. The molecular formula is C13H10ClFN2O2. The molecular weight excluding hydrogens is 271 g/mol. The Kier molecular flexibility index (Phi) is 3.97. The summed E-state index contributed by atoms with van der Waals surface area (Å²) in [6, 6.07) is 10.6. The predicted molar refractivity (Wildman–Crippen MR) is 71.8 cm³/mol. The molecule has 1 N–H and O–H groups in total. The van der Waals surface area contributed by atoms with Crippen LogP contribution in [-0.2, 0) is 6.54 Å². The number of hydrogen-bond donors (Lipinski definition) is 1. The van der Waals surface area contributed by atoms with Gasteiger partial charge in [0.1, 0.15) is 5.82 Å². The molecule has 0 saturated carbocycles. The molecule has 98 valence electrons. The number of nitrogens with one attached hydrogen (secondary N) is 1. The molecule has 19 heavy (non-hydrogen) atoms. The summed E-state index contributed by atoms with van der Waals surface area (Å²) in [5.74, 6) is -0.472. The molecule has 4 nitrogen and oxygen atoms in total. The first-order chi connectivity index (χ1) is 9.06. The molecule has 2 aromatic rings. The van der Waals surface area contributed by atoms with Crippen LogP contribution in [-0.4, -0.2) is 4.92 Å². The molecule has 0 heterocycles. The normalized spacial score (nSPS) is 10.2. The van der Waals surface area contributed by atoms with Crippen LogP contribution >= 0.6 is 11.6 Å². The molecule has 0 atom stereocenters. The lowest BCUT2D eigenvalue weighted by Gasteiger charge is -2.07. The van der Waals surface area contributed by atoms with Crippen LogP contribution in [0.3, 0.4) is 0 Å². The van der Waals surface area contributed by atoms with Crippen molar-refractivity contribution < 1.29 is 9.31 Å². The SMILES string of the molecule is O=[N+]([O-])c1cccc(NCc2ccc(F)c(Cl)c2)c1. The summed E-state index contributed by atoms with van der Waals surface area (Å²) in [7, 11) is 0. The highest BCUT2D eigenvalue weighted by Gasteiger charge is 2.06. The fourth-order valence-electron chi connectivity index (χ4n) is 1.58. The summed E-state index contributed by atoms with van der Waals surface area (Å²) in [6.45, 7) is 0.404. The zero-order chi connectivity index (χ0) is 13.8. The quantitative estimate of drug-likeness (QED) is 0.680. The average molecular weight is 281 g/mol. The average Bonchev–Trinajstić information content (AvgIpc) is 2.40. The number of nitrogens with zero attached hydrogens (tertiary/aromatic N) is 1. The number of nitro benzene ring substituents is 1. The summed E-state index contributed by atoms with van der Waals surface area (Å²) < 4.78 is 13.0. The summed E-state index contributed by atoms with van der Waals surface area (Å²) in [6.07, 6.45) is 0. The first-order valence-corrected chi connectivity index (χ1v) is 5.86. The van der Waals surface area contributed by atoms with Crippen molar-refractivity contribution in [3.8, 4) is 0 Å². The molecule has 0 aliphatic carbocycles. The van der Waals surface area contributed by atoms with Gasteiger partial charge in [0.15, 0.2) is 0 Å². The van der Waals surface area contributed by atoms with E-state index in [9.17, 15) is 14.5 Å². The molecule has 0 bridgehead atoms. The fraction of sp³-hybridized carbons (Fsp3) is 0.0769. The van der Waals surface area contributed by atoms with E-state index in [4.69, 9.17) is 11.6 Å². The van der Waals surface area contributed by atoms with E-state index in [-0.39, 0.29) is 10.7 Å². The Labute approximate surface area is 114 Å². The Morgan fingerprint density at radius 2 is 2.05 bits per heavy atom. The van der Waals surface area contributed by atoms with Gasteiger partial charge >= 0.3 is 0 Å². The third-order valence-electron chi connectivity index (χ3n) is 2.54. The van der Waals surface area contributed by atoms with E-state index in [0.717, 1.165) is 5.56 Å². The Balaban J connectivity index is 2.07. The van der Waals surface area contributed by atoms with E-state index in [1.54, 1.807) is 18.2 Å². The Morgan fingerprint density at radius 1 is 1.26 bits per heavy atom. The smallest absolute Gasteiger partial charge is 0.271 e. The third-order valence-corrected chi connectivity index (χ3v) is 2.83. The number of benzene rings is 2. The van der Waals surface area contributed by atoms with Crippen molar-refractivity contribution in [2.45, 2.75) is 6.54 Å². The van der Waals surface area contributed by atoms with Gasteiger partial charge in [0, 0.05) is 24.4 Å². The molecule has 0 spiro atoms. The van der Waals surface area contributed by atoms with Crippen molar-refractivity contribution in [3.63, 3.8) is 0 Å². The van der Waals surface area contributed by atoms with Crippen molar-refractivity contribution in [2.24, 2.45) is 0 Å². The predicted octanol–water partition coefficient (Wildman–Crippen LogP) is 4.00. The van der Waals surface area contributed by atoms with E-state index < -0.39 is 10.7 Å². The molecule has 0 aliphatic rings. The van der Waals surface area contributed by atoms with Gasteiger partial charge in [-0.15, -0.1) is 0 Å². The van der Waals surface area contributed by atoms with Crippen molar-refractivity contribution in [3.05, 3.63) is 69.0 Å². The number of rotatable bonds is 4. The third kappa shape index (κ3) is 3.42.